The zero-order valence-corrected chi connectivity index (χ0v) is 12.0. The van der Waals surface area contributed by atoms with E-state index in [9.17, 15) is 9.18 Å². The molecule has 0 saturated heterocycles. The van der Waals surface area contributed by atoms with Gasteiger partial charge in [-0.05, 0) is 46.3 Å². The number of methoxy groups -OCH3 is 1. The Morgan fingerprint density at radius 1 is 1.35 bits per heavy atom. The van der Waals surface area contributed by atoms with Crippen LogP contribution in [0.1, 0.15) is 10.5 Å². The Kier molecular flexibility index (Phi) is 4.19. The maximum Gasteiger partial charge on any atom is 0.356 e. The Labute approximate surface area is 122 Å². The van der Waals surface area contributed by atoms with Crippen LogP contribution < -0.4 is 10.5 Å². The van der Waals surface area contributed by atoms with Crippen LogP contribution in [0.2, 0.25) is 0 Å². The lowest BCUT2D eigenvalue weighted by Gasteiger charge is -2.10. The molecule has 0 radical (unpaired) electrons. The zero-order chi connectivity index (χ0) is 14.7. The van der Waals surface area contributed by atoms with E-state index >= 15 is 0 Å². The van der Waals surface area contributed by atoms with Crippen molar-refractivity contribution in [3.63, 3.8) is 0 Å². The molecule has 0 fully saturated rings. The highest BCUT2D eigenvalue weighted by Gasteiger charge is 2.13. The Morgan fingerprint density at radius 3 is 2.75 bits per heavy atom. The molecule has 0 bridgehead atoms. The van der Waals surface area contributed by atoms with Crippen molar-refractivity contribution < 1.29 is 18.7 Å². The minimum absolute atomic E-state index is 0.0419. The lowest BCUT2D eigenvalue weighted by atomic mass is 10.3. The second kappa shape index (κ2) is 5.87. The number of aromatic nitrogens is 1. The van der Waals surface area contributed by atoms with E-state index in [1.807, 2.05) is 0 Å². The predicted octanol–water partition coefficient (Wildman–Crippen LogP) is 3.14. The first kappa shape index (κ1) is 14.3. The van der Waals surface area contributed by atoms with Crippen LogP contribution in [0.15, 0.2) is 34.8 Å². The van der Waals surface area contributed by atoms with Crippen molar-refractivity contribution in [2.75, 3.05) is 12.8 Å². The lowest BCUT2D eigenvalue weighted by molar-refractivity contribution is 0.0593. The van der Waals surface area contributed by atoms with E-state index in [2.05, 4.69) is 25.7 Å². The van der Waals surface area contributed by atoms with E-state index < -0.39 is 11.8 Å². The van der Waals surface area contributed by atoms with E-state index in [0.717, 1.165) is 0 Å². The summed E-state index contributed by atoms with van der Waals surface area (Å²) >= 11 is 3.17. The number of nitrogens with two attached hydrogens (primary N) is 1. The SMILES string of the molecule is COC(=O)c1ccc(N)c(Oc2ccc(F)cc2Br)n1. The Hall–Kier alpha value is -2.15. The average molecular weight is 341 g/mol. The van der Waals surface area contributed by atoms with Gasteiger partial charge in [0.15, 0.2) is 5.69 Å². The normalized spacial score (nSPS) is 10.2. The van der Waals surface area contributed by atoms with Crippen LogP contribution in [-0.4, -0.2) is 18.1 Å². The molecular formula is C13H10BrFN2O3. The highest BCUT2D eigenvalue weighted by molar-refractivity contribution is 9.10. The fourth-order valence-electron chi connectivity index (χ4n) is 1.41. The van der Waals surface area contributed by atoms with Gasteiger partial charge in [-0.2, -0.15) is 0 Å². The summed E-state index contributed by atoms with van der Waals surface area (Å²) in [7, 11) is 1.25. The molecule has 0 aliphatic heterocycles. The van der Waals surface area contributed by atoms with E-state index in [-0.39, 0.29) is 17.3 Å². The molecule has 0 unspecified atom stereocenters. The fraction of sp³-hybridized carbons (Fsp3) is 0.0769. The number of esters is 1. The van der Waals surface area contributed by atoms with Crippen LogP contribution in [0.4, 0.5) is 10.1 Å². The molecule has 0 aliphatic rings. The molecule has 0 amide bonds. The van der Waals surface area contributed by atoms with Gasteiger partial charge in [-0.1, -0.05) is 0 Å². The van der Waals surface area contributed by atoms with Gasteiger partial charge in [-0.3, -0.25) is 0 Å². The average Bonchev–Trinajstić information content (AvgIpc) is 2.43. The Bertz CT molecular complexity index is 664. The summed E-state index contributed by atoms with van der Waals surface area (Å²) in [5.41, 5.74) is 6.04. The van der Waals surface area contributed by atoms with E-state index in [4.69, 9.17) is 10.5 Å². The monoisotopic (exact) mass is 340 g/mol. The third-order valence-corrected chi connectivity index (χ3v) is 3.00. The largest absolute Gasteiger partial charge is 0.464 e. The maximum absolute atomic E-state index is 13.0. The topological polar surface area (TPSA) is 74.4 Å². The molecule has 0 atom stereocenters. The fourth-order valence-corrected chi connectivity index (χ4v) is 1.85. The molecule has 0 aliphatic carbocycles. The van der Waals surface area contributed by atoms with E-state index in [1.54, 1.807) is 0 Å². The second-order valence-corrected chi connectivity index (χ2v) is 4.61. The van der Waals surface area contributed by atoms with Crippen LogP contribution >= 0.6 is 15.9 Å². The first-order chi connectivity index (χ1) is 9.51. The smallest absolute Gasteiger partial charge is 0.356 e. The molecule has 2 rings (SSSR count). The van der Waals surface area contributed by atoms with Crippen LogP contribution in [0.25, 0.3) is 0 Å². The van der Waals surface area contributed by atoms with Crippen LogP contribution in [0, 0.1) is 5.82 Å². The highest BCUT2D eigenvalue weighted by Crippen LogP contribution is 2.32. The number of hydrogen-bond acceptors (Lipinski definition) is 5. The van der Waals surface area contributed by atoms with Crippen molar-refractivity contribution in [3.05, 3.63) is 46.3 Å². The molecular weight excluding hydrogens is 331 g/mol. The molecule has 1 aromatic carbocycles. The van der Waals surface area contributed by atoms with E-state index in [0.29, 0.717) is 10.2 Å². The quantitative estimate of drug-likeness (QED) is 0.868. The number of hydrogen-bond donors (Lipinski definition) is 1. The first-order valence-electron chi connectivity index (χ1n) is 5.49. The van der Waals surface area contributed by atoms with Crippen LogP contribution in [-0.2, 0) is 4.74 Å². The minimum Gasteiger partial charge on any atom is -0.464 e. The van der Waals surface area contributed by atoms with Crippen LogP contribution in [0.3, 0.4) is 0 Å². The third-order valence-electron chi connectivity index (χ3n) is 2.38. The highest BCUT2D eigenvalue weighted by atomic mass is 79.9. The second-order valence-electron chi connectivity index (χ2n) is 3.76. The summed E-state index contributed by atoms with van der Waals surface area (Å²) in [4.78, 5) is 15.4. The van der Waals surface area contributed by atoms with Gasteiger partial charge in [0.1, 0.15) is 11.6 Å². The Balaban J connectivity index is 2.35. The third kappa shape index (κ3) is 3.05. The number of nitrogens with zero attached hydrogens (tertiary/aromatic N) is 1. The number of nitrogen functional groups attached to an aromatic ring is 1. The Morgan fingerprint density at radius 2 is 2.10 bits per heavy atom. The molecule has 1 heterocycles. The van der Waals surface area contributed by atoms with Crippen molar-refractivity contribution in [1.82, 2.24) is 4.98 Å². The van der Waals surface area contributed by atoms with Crippen LogP contribution in [0.5, 0.6) is 11.6 Å². The number of benzene rings is 1. The summed E-state index contributed by atoms with van der Waals surface area (Å²) in [5, 5.41) is 0. The number of halogens is 2. The predicted molar refractivity (Wildman–Crippen MR) is 74.2 cm³/mol. The first-order valence-corrected chi connectivity index (χ1v) is 6.28. The van der Waals surface area contributed by atoms with Crippen molar-refractivity contribution in [1.29, 1.82) is 0 Å². The van der Waals surface area contributed by atoms with Gasteiger partial charge in [0.2, 0.25) is 5.88 Å². The lowest BCUT2D eigenvalue weighted by Crippen LogP contribution is -2.06. The molecule has 2 N–H and O–H groups in total. The van der Waals surface area contributed by atoms with Gasteiger partial charge in [0.25, 0.3) is 0 Å². The molecule has 2 aromatic rings. The van der Waals surface area contributed by atoms with Gasteiger partial charge in [-0.25, -0.2) is 14.2 Å². The summed E-state index contributed by atoms with van der Waals surface area (Å²) in [6, 6.07) is 6.81. The summed E-state index contributed by atoms with van der Waals surface area (Å²) < 4.78 is 23.4. The summed E-state index contributed by atoms with van der Waals surface area (Å²) in [6.45, 7) is 0. The van der Waals surface area contributed by atoms with Gasteiger partial charge in [0.05, 0.1) is 17.3 Å². The molecule has 0 saturated carbocycles. The van der Waals surface area contributed by atoms with Crippen molar-refractivity contribution in [3.8, 4) is 11.6 Å². The van der Waals surface area contributed by atoms with Gasteiger partial charge >= 0.3 is 5.97 Å². The number of rotatable bonds is 3. The maximum atomic E-state index is 13.0. The van der Waals surface area contributed by atoms with Crippen molar-refractivity contribution >= 4 is 27.6 Å². The standard InChI is InChI=1S/C13H10BrFN2O3/c1-19-13(18)10-4-3-9(16)12(17-10)20-11-5-2-7(15)6-8(11)14/h2-6H,16H2,1H3. The summed E-state index contributed by atoms with van der Waals surface area (Å²) in [5.74, 6) is -0.644. The molecule has 7 heteroatoms. The van der Waals surface area contributed by atoms with Crippen molar-refractivity contribution in [2.45, 2.75) is 0 Å². The number of pyridine rings is 1. The van der Waals surface area contributed by atoms with Gasteiger partial charge in [0, 0.05) is 0 Å². The van der Waals surface area contributed by atoms with Gasteiger partial charge < -0.3 is 15.2 Å². The molecule has 5 nitrogen and oxygen atoms in total. The number of ether oxygens (including phenoxy) is 2. The van der Waals surface area contributed by atoms with E-state index in [1.165, 1.54) is 37.4 Å². The van der Waals surface area contributed by atoms with Gasteiger partial charge in [-0.15, -0.1) is 0 Å². The zero-order valence-electron chi connectivity index (χ0n) is 10.4. The number of carbonyl (C=O) groups excluding carboxylic acids is 1. The molecule has 104 valence electrons. The number of carbonyl (C=O) groups is 1. The van der Waals surface area contributed by atoms with Crippen molar-refractivity contribution in [2.24, 2.45) is 0 Å². The minimum atomic E-state index is -0.604. The molecule has 0 spiro atoms. The molecule has 20 heavy (non-hydrogen) atoms. The molecule has 1 aromatic heterocycles. The summed E-state index contributed by atoms with van der Waals surface area (Å²) in [6.07, 6.45) is 0. The number of anilines is 1.